The van der Waals surface area contributed by atoms with Crippen molar-refractivity contribution in [2.45, 2.75) is 98.4 Å². The Bertz CT molecular complexity index is 1130. The smallest absolute Gasteiger partial charge is 0.142 e. The fraction of sp³-hybridized carbons (Fsp3) is 0.636. The summed E-state index contributed by atoms with van der Waals surface area (Å²) in [6, 6.07) is 9.04. The first-order valence-corrected chi connectivity index (χ1v) is 14.7. The Morgan fingerprint density at radius 1 is 0.821 bits per heavy atom. The average Bonchev–Trinajstić information content (AvgIpc) is 2.83. The van der Waals surface area contributed by atoms with Gasteiger partial charge in [-0.15, -0.1) is 0 Å². The van der Waals surface area contributed by atoms with Gasteiger partial charge in [-0.1, -0.05) is 32.9 Å². The second-order valence-electron chi connectivity index (χ2n) is 13.6. The van der Waals surface area contributed by atoms with Crippen LogP contribution in [-0.2, 0) is 18.5 Å². The highest BCUT2D eigenvalue weighted by Crippen LogP contribution is 2.56. The van der Waals surface area contributed by atoms with E-state index in [-0.39, 0.29) is 10.8 Å². The zero-order chi connectivity index (χ0) is 28.1. The summed E-state index contributed by atoms with van der Waals surface area (Å²) < 4.78 is 12.3. The maximum absolute atomic E-state index is 10.0. The molecule has 0 spiro atoms. The average molecular weight is 537 g/mol. The molecule has 214 valence electrons. The minimum absolute atomic E-state index is 0.126. The molecule has 1 aliphatic carbocycles. The number of fused-ring (bicyclic) bond motifs is 2. The van der Waals surface area contributed by atoms with Crippen molar-refractivity contribution in [3.63, 3.8) is 0 Å². The van der Waals surface area contributed by atoms with Crippen molar-refractivity contribution in [3.8, 4) is 11.5 Å². The summed E-state index contributed by atoms with van der Waals surface area (Å²) in [5.74, 6) is 2.53. The van der Waals surface area contributed by atoms with Crippen molar-refractivity contribution in [3.05, 3.63) is 57.6 Å². The summed E-state index contributed by atoms with van der Waals surface area (Å²) in [6.07, 6.45) is 2.63. The Balaban J connectivity index is 1.64. The Morgan fingerprint density at radius 2 is 1.28 bits per heavy atom. The lowest BCUT2D eigenvalue weighted by Gasteiger charge is -2.50. The molecule has 3 atom stereocenters. The van der Waals surface area contributed by atoms with E-state index in [0.29, 0.717) is 32.5 Å². The van der Waals surface area contributed by atoms with Crippen molar-refractivity contribution in [1.29, 1.82) is 0 Å². The number of hydrogen-bond donors (Lipinski definition) is 2. The number of β-amino-alcohol motifs (C(OH)–C–C–N with tert-alkyl or cyclic N) is 2. The summed E-state index contributed by atoms with van der Waals surface area (Å²) in [5, 5.41) is 20.1. The maximum atomic E-state index is 10.0. The molecule has 2 N–H and O–H groups in total. The van der Waals surface area contributed by atoms with E-state index in [0.717, 1.165) is 37.4 Å². The molecule has 1 saturated carbocycles. The van der Waals surface area contributed by atoms with Gasteiger partial charge < -0.3 is 19.7 Å². The molecule has 5 rings (SSSR count). The lowest BCUT2D eigenvalue weighted by molar-refractivity contribution is 0.0493. The van der Waals surface area contributed by atoms with Gasteiger partial charge in [0.1, 0.15) is 25.0 Å². The van der Waals surface area contributed by atoms with Crippen molar-refractivity contribution in [2.24, 2.45) is 11.3 Å². The van der Waals surface area contributed by atoms with Gasteiger partial charge in [0, 0.05) is 42.7 Å². The molecule has 0 amide bonds. The SMILES string of the molecule is Cc1c(C2(c3ccc4c(c3C)CN(CC(C)O)CO4)CC(C)CC(C)(C)C2)ccc2c1CN(CC(C)O)CO2. The van der Waals surface area contributed by atoms with Crippen LogP contribution in [0.4, 0.5) is 0 Å². The van der Waals surface area contributed by atoms with Crippen LogP contribution in [0.5, 0.6) is 11.5 Å². The number of aliphatic hydroxyl groups is 2. The minimum Gasteiger partial charge on any atom is -0.478 e. The Kier molecular flexibility index (Phi) is 7.79. The largest absolute Gasteiger partial charge is 0.478 e. The summed E-state index contributed by atoms with van der Waals surface area (Å²) in [4.78, 5) is 4.39. The molecule has 2 aromatic rings. The van der Waals surface area contributed by atoms with E-state index in [4.69, 9.17) is 9.47 Å². The van der Waals surface area contributed by atoms with Crippen molar-refractivity contribution in [2.75, 3.05) is 26.6 Å². The molecule has 6 nitrogen and oxygen atoms in total. The van der Waals surface area contributed by atoms with Gasteiger partial charge in [-0.2, -0.15) is 0 Å². The standard InChI is InChI=1S/C33H48N2O4/c1-21-12-32(6,7)18-33(13-21,28-8-10-30-26(24(28)4)16-34(19-38-30)14-22(2)36)29-9-11-31-27(25(29)5)17-35(20-39-31)15-23(3)37/h8-11,21-23,36-37H,12-20H2,1-7H3. The summed E-state index contributed by atoms with van der Waals surface area (Å²) in [6.45, 7) is 19.3. The molecule has 6 heteroatoms. The zero-order valence-electron chi connectivity index (χ0n) is 25.0. The third-order valence-corrected chi connectivity index (χ3v) is 9.13. The number of hydrogen-bond acceptors (Lipinski definition) is 6. The molecular formula is C33H48N2O4. The number of aliphatic hydroxyl groups excluding tert-OH is 2. The predicted octanol–water partition coefficient (Wildman–Crippen LogP) is 5.50. The fourth-order valence-corrected chi connectivity index (χ4v) is 8.13. The van der Waals surface area contributed by atoms with Gasteiger partial charge in [-0.05, 0) is 92.7 Å². The molecule has 2 heterocycles. The third-order valence-electron chi connectivity index (χ3n) is 9.13. The van der Waals surface area contributed by atoms with E-state index in [2.05, 4.69) is 68.7 Å². The lowest BCUT2D eigenvalue weighted by Crippen LogP contribution is -2.43. The third kappa shape index (κ3) is 5.58. The van der Waals surface area contributed by atoms with Crippen LogP contribution in [0.1, 0.15) is 87.3 Å². The van der Waals surface area contributed by atoms with E-state index in [1.54, 1.807) is 0 Å². The molecule has 0 saturated heterocycles. The zero-order valence-corrected chi connectivity index (χ0v) is 25.0. The molecule has 2 aliphatic heterocycles. The number of benzene rings is 2. The van der Waals surface area contributed by atoms with Gasteiger partial charge in [-0.25, -0.2) is 0 Å². The van der Waals surface area contributed by atoms with E-state index in [1.165, 1.54) is 39.8 Å². The Morgan fingerprint density at radius 3 is 1.69 bits per heavy atom. The number of nitrogens with zero attached hydrogens (tertiary/aromatic N) is 2. The lowest BCUT2D eigenvalue weighted by atomic mass is 9.54. The van der Waals surface area contributed by atoms with Gasteiger partial charge in [0.25, 0.3) is 0 Å². The normalized spacial score (nSPS) is 26.6. The summed E-state index contributed by atoms with van der Waals surface area (Å²) in [7, 11) is 0. The molecule has 2 aromatic carbocycles. The molecule has 0 radical (unpaired) electrons. The molecule has 1 fully saturated rings. The van der Waals surface area contributed by atoms with Crippen LogP contribution in [0.25, 0.3) is 0 Å². The van der Waals surface area contributed by atoms with Crippen LogP contribution in [-0.4, -0.2) is 58.8 Å². The molecule has 0 aromatic heterocycles. The monoisotopic (exact) mass is 536 g/mol. The molecular weight excluding hydrogens is 488 g/mol. The first kappa shape index (κ1) is 28.4. The van der Waals surface area contributed by atoms with Crippen LogP contribution >= 0.6 is 0 Å². The number of ether oxygens (including phenoxy) is 2. The summed E-state index contributed by atoms with van der Waals surface area (Å²) in [5.41, 5.74) is 8.01. The van der Waals surface area contributed by atoms with E-state index >= 15 is 0 Å². The van der Waals surface area contributed by atoms with Crippen molar-refractivity contribution in [1.82, 2.24) is 9.80 Å². The highest BCUT2D eigenvalue weighted by atomic mass is 16.5. The molecule has 3 aliphatic rings. The van der Waals surface area contributed by atoms with Gasteiger partial charge in [0.05, 0.1) is 12.2 Å². The van der Waals surface area contributed by atoms with Crippen LogP contribution in [0.3, 0.4) is 0 Å². The van der Waals surface area contributed by atoms with E-state index in [9.17, 15) is 10.2 Å². The van der Waals surface area contributed by atoms with Crippen LogP contribution in [0.15, 0.2) is 24.3 Å². The van der Waals surface area contributed by atoms with E-state index < -0.39 is 12.2 Å². The quantitative estimate of drug-likeness (QED) is 0.508. The first-order chi connectivity index (χ1) is 18.4. The van der Waals surface area contributed by atoms with Crippen LogP contribution in [0, 0.1) is 25.2 Å². The Labute approximate surface area is 234 Å². The fourth-order valence-electron chi connectivity index (χ4n) is 8.13. The van der Waals surface area contributed by atoms with Gasteiger partial charge >= 0.3 is 0 Å². The van der Waals surface area contributed by atoms with Gasteiger partial charge in [0.15, 0.2) is 0 Å². The highest BCUT2D eigenvalue weighted by molar-refractivity contribution is 5.57. The molecule has 3 unspecified atom stereocenters. The summed E-state index contributed by atoms with van der Waals surface area (Å²) >= 11 is 0. The Hall–Kier alpha value is -2.12. The van der Waals surface area contributed by atoms with Crippen LogP contribution in [0.2, 0.25) is 0 Å². The minimum atomic E-state index is -0.390. The highest BCUT2D eigenvalue weighted by Gasteiger charge is 2.47. The van der Waals surface area contributed by atoms with Crippen molar-refractivity contribution < 1.29 is 19.7 Å². The van der Waals surface area contributed by atoms with Gasteiger partial charge in [0.2, 0.25) is 0 Å². The first-order valence-electron chi connectivity index (χ1n) is 14.7. The molecule has 39 heavy (non-hydrogen) atoms. The topological polar surface area (TPSA) is 65.4 Å². The van der Waals surface area contributed by atoms with Crippen molar-refractivity contribution >= 4 is 0 Å². The van der Waals surface area contributed by atoms with Crippen LogP contribution < -0.4 is 9.47 Å². The maximum Gasteiger partial charge on any atom is 0.142 e. The van der Waals surface area contributed by atoms with Gasteiger partial charge in [-0.3, -0.25) is 9.80 Å². The number of rotatable bonds is 6. The predicted molar refractivity (Wildman–Crippen MR) is 155 cm³/mol. The second kappa shape index (κ2) is 10.7. The van der Waals surface area contributed by atoms with E-state index in [1.807, 2.05) is 13.8 Å². The second-order valence-corrected chi connectivity index (χ2v) is 13.6. The molecule has 0 bridgehead atoms.